The maximum atomic E-state index is 10.7. The minimum atomic E-state index is -4.72. The first-order valence-corrected chi connectivity index (χ1v) is 4.65. The Balaban J connectivity index is 4.42. The van der Waals surface area contributed by atoms with Crippen molar-refractivity contribution in [3.8, 4) is 0 Å². The van der Waals surface area contributed by atoms with Gasteiger partial charge in [0.05, 0.1) is 5.54 Å². The molecule has 0 unspecified atom stereocenters. The van der Waals surface area contributed by atoms with Gasteiger partial charge < -0.3 is 9.84 Å². The number of carbonyl (C=O) groups excluding carboxylic acids is 1. The van der Waals surface area contributed by atoms with Crippen molar-refractivity contribution in [3.05, 3.63) is 11.3 Å². The number of carbonyl (C=O) groups is 1. The fourth-order valence-electron chi connectivity index (χ4n) is 0.362. The number of hydrogen-bond acceptors (Lipinski definition) is 3. The molecule has 0 aliphatic heterocycles. The van der Waals surface area contributed by atoms with Crippen molar-refractivity contribution in [2.75, 3.05) is 7.05 Å². The standard InChI is InChI=1S/C4H7ClNO5P/c1-6-4(7)3(2-5)11-12(8,9)10/h2H,1H3,(H,6,7)(H2,8,9,10). The van der Waals surface area contributed by atoms with Crippen molar-refractivity contribution in [2.24, 2.45) is 0 Å². The van der Waals surface area contributed by atoms with E-state index in [1.165, 1.54) is 7.05 Å². The zero-order valence-corrected chi connectivity index (χ0v) is 7.67. The molecule has 70 valence electrons. The first kappa shape index (κ1) is 11.4. The van der Waals surface area contributed by atoms with Crippen LogP contribution in [0, 0.1) is 0 Å². The van der Waals surface area contributed by atoms with Crippen LogP contribution in [0.2, 0.25) is 0 Å². The number of nitrogens with one attached hydrogen (secondary N) is 1. The minimum Gasteiger partial charge on any atom is -0.397 e. The number of amides is 1. The van der Waals surface area contributed by atoms with E-state index in [4.69, 9.17) is 21.4 Å². The van der Waals surface area contributed by atoms with Gasteiger partial charge in [-0.05, 0) is 0 Å². The van der Waals surface area contributed by atoms with Gasteiger partial charge in [0, 0.05) is 7.05 Å². The summed E-state index contributed by atoms with van der Waals surface area (Å²) < 4.78 is 14.1. The summed E-state index contributed by atoms with van der Waals surface area (Å²) in [7, 11) is -3.45. The zero-order chi connectivity index (χ0) is 9.78. The summed E-state index contributed by atoms with van der Waals surface area (Å²) in [6, 6.07) is 0. The molecule has 0 aliphatic rings. The van der Waals surface area contributed by atoms with Crippen LogP contribution in [0.5, 0.6) is 0 Å². The topological polar surface area (TPSA) is 95.9 Å². The van der Waals surface area contributed by atoms with E-state index in [1.807, 2.05) is 0 Å². The van der Waals surface area contributed by atoms with E-state index in [1.54, 1.807) is 0 Å². The van der Waals surface area contributed by atoms with Crippen molar-refractivity contribution in [3.63, 3.8) is 0 Å². The molecule has 0 bridgehead atoms. The first-order chi connectivity index (χ1) is 5.40. The molecular weight excluding hydrogens is 208 g/mol. The number of likely N-dealkylation sites (N-methyl/N-ethyl adjacent to an activating group) is 1. The van der Waals surface area contributed by atoms with Gasteiger partial charge in [0.25, 0.3) is 5.91 Å². The van der Waals surface area contributed by atoms with Crippen LogP contribution >= 0.6 is 19.4 Å². The molecule has 0 fully saturated rings. The van der Waals surface area contributed by atoms with E-state index >= 15 is 0 Å². The summed E-state index contributed by atoms with van der Waals surface area (Å²) >= 11 is 5.06. The van der Waals surface area contributed by atoms with Crippen molar-refractivity contribution in [2.45, 2.75) is 0 Å². The second kappa shape index (κ2) is 4.47. The highest BCUT2D eigenvalue weighted by Crippen LogP contribution is 2.38. The average Bonchev–Trinajstić information content (AvgIpc) is 1.97. The molecule has 0 aliphatic carbocycles. The Bertz CT molecular complexity index is 246. The minimum absolute atomic E-state index is 0.632. The lowest BCUT2D eigenvalue weighted by Gasteiger charge is -2.07. The molecule has 1 amide bonds. The molecule has 12 heavy (non-hydrogen) atoms. The van der Waals surface area contributed by atoms with Gasteiger partial charge in [-0.15, -0.1) is 0 Å². The molecule has 6 nitrogen and oxygen atoms in total. The van der Waals surface area contributed by atoms with Crippen LogP contribution in [0.3, 0.4) is 0 Å². The third-order valence-corrected chi connectivity index (χ3v) is 1.40. The summed E-state index contributed by atoms with van der Waals surface area (Å²) in [5.74, 6) is -1.44. The van der Waals surface area contributed by atoms with Gasteiger partial charge >= 0.3 is 7.82 Å². The highest BCUT2D eigenvalue weighted by molar-refractivity contribution is 7.46. The molecule has 0 atom stereocenters. The number of phosphoric ester groups is 1. The van der Waals surface area contributed by atoms with Crippen LogP contribution in [0.15, 0.2) is 11.3 Å². The largest absolute Gasteiger partial charge is 0.525 e. The fraction of sp³-hybridized carbons (Fsp3) is 0.250. The maximum Gasteiger partial charge on any atom is 0.525 e. The molecular formula is C4H7ClNO5P. The van der Waals surface area contributed by atoms with Gasteiger partial charge in [-0.2, -0.15) is 0 Å². The molecule has 3 N–H and O–H groups in total. The second-order valence-corrected chi connectivity index (χ2v) is 3.02. The van der Waals surface area contributed by atoms with E-state index in [0.717, 1.165) is 0 Å². The summed E-state index contributed by atoms with van der Waals surface area (Å²) in [5.41, 5.74) is 0.637. The van der Waals surface area contributed by atoms with E-state index in [2.05, 4.69) is 9.84 Å². The molecule has 0 radical (unpaired) electrons. The third-order valence-electron chi connectivity index (χ3n) is 0.767. The lowest BCUT2D eigenvalue weighted by atomic mass is 10.5. The van der Waals surface area contributed by atoms with E-state index < -0.39 is 19.5 Å². The van der Waals surface area contributed by atoms with Crippen molar-refractivity contribution in [1.82, 2.24) is 5.32 Å². The highest BCUT2D eigenvalue weighted by atomic mass is 35.5. The molecule has 0 saturated carbocycles. The molecule has 0 spiro atoms. The Labute approximate surface area is 73.4 Å². The molecule has 0 heterocycles. The summed E-state index contributed by atoms with van der Waals surface area (Å²) in [6.07, 6.45) is 0. The van der Waals surface area contributed by atoms with Crippen LogP contribution in [-0.4, -0.2) is 22.7 Å². The quantitative estimate of drug-likeness (QED) is 0.348. The normalized spacial score (nSPS) is 12.5. The van der Waals surface area contributed by atoms with Crippen LogP contribution < -0.4 is 5.32 Å². The monoisotopic (exact) mass is 215 g/mol. The van der Waals surface area contributed by atoms with Crippen LogP contribution in [0.25, 0.3) is 0 Å². The molecule has 0 aromatic rings. The van der Waals surface area contributed by atoms with Gasteiger partial charge in [-0.25, -0.2) is 4.57 Å². The lowest BCUT2D eigenvalue weighted by molar-refractivity contribution is -0.119. The second-order valence-electron chi connectivity index (χ2n) is 1.63. The summed E-state index contributed by atoms with van der Waals surface area (Å²) in [4.78, 5) is 27.2. The molecule has 0 rings (SSSR count). The lowest BCUT2D eigenvalue weighted by Crippen LogP contribution is -2.20. The highest BCUT2D eigenvalue weighted by Gasteiger charge is 2.21. The number of phosphoric acid groups is 1. The van der Waals surface area contributed by atoms with Gasteiger partial charge in [-0.1, -0.05) is 11.6 Å². The van der Waals surface area contributed by atoms with Crippen molar-refractivity contribution in [1.29, 1.82) is 0 Å². The Kier molecular flexibility index (Phi) is 4.26. The Morgan fingerprint density at radius 3 is 2.42 bits per heavy atom. The van der Waals surface area contributed by atoms with Gasteiger partial charge in [0.15, 0.2) is 0 Å². The van der Waals surface area contributed by atoms with E-state index in [9.17, 15) is 9.36 Å². The molecule has 0 aromatic carbocycles. The van der Waals surface area contributed by atoms with Gasteiger partial charge in [-0.3, -0.25) is 14.6 Å². The zero-order valence-electron chi connectivity index (χ0n) is 6.02. The Hall–Kier alpha value is -0.550. The third kappa shape index (κ3) is 4.35. The Morgan fingerprint density at radius 1 is 1.67 bits per heavy atom. The molecule has 8 heteroatoms. The molecule has 0 saturated heterocycles. The smallest absolute Gasteiger partial charge is 0.397 e. The van der Waals surface area contributed by atoms with Gasteiger partial charge in [0.2, 0.25) is 5.76 Å². The number of halogens is 1. The number of hydrogen-bond donors (Lipinski definition) is 3. The predicted octanol–water partition coefficient (Wildman–Crippen LogP) is -0.0781. The van der Waals surface area contributed by atoms with Crippen LogP contribution in [0.1, 0.15) is 0 Å². The van der Waals surface area contributed by atoms with E-state index in [0.29, 0.717) is 5.54 Å². The van der Waals surface area contributed by atoms with Crippen molar-refractivity contribution < 1.29 is 23.7 Å². The van der Waals surface area contributed by atoms with Crippen LogP contribution in [-0.2, 0) is 13.9 Å². The van der Waals surface area contributed by atoms with Crippen LogP contribution in [0.4, 0.5) is 0 Å². The average molecular weight is 216 g/mol. The fourth-order valence-corrected chi connectivity index (χ4v) is 0.960. The first-order valence-electron chi connectivity index (χ1n) is 2.68. The van der Waals surface area contributed by atoms with Crippen molar-refractivity contribution >= 4 is 25.3 Å². The SMILES string of the molecule is CNC(=O)C(=CCl)OP(=O)(O)O. The summed E-state index contributed by atoms with van der Waals surface area (Å²) in [5, 5.41) is 2.08. The van der Waals surface area contributed by atoms with E-state index in [-0.39, 0.29) is 0 Å². The summed E-state index contributed by atoms with van der Waals surface area (Å²) in [6.45, 7) is 0. The maximum absolute atomic E-state index is 10.7. The predicted molar refractivity (Wildman–Crippen MR) is 41.1 cm³/mol. The number of rotatable bonds is 3. The van der Waals surface area contributed by atoms with Gasteiger partial charge in [0.1, 0.15) is 0 Å². The molecule has 0 aromatic heterocycles. The Morgan fingerprint density at radius 2 is 2.17 bits per heavy atom.